The maximum atomic E-state index is 14.0. The van der Waals surface area contributed by atoms with E-state index in [9.17, 15) is 18.0 Å². The lowest BCUT2D eigenvalue weighted by atomic mass is 10.0. The fraction of sp³-hybridized carbons (Fsp3) is 0.167. The Hall–Kier alpha value is -2.34. The summed E-state index contributed by atoms with van der Waals surface area (Å²) in [6.45, 7) is 4.00. The van der Waals surface area contributed by atoms with Crippen molar-refractivity contribution >= 4 is 27.4 Å². The van der Waals surface area contributed by atoms with Gasteiger partial charge in [0.05, 0.1) is 18.2 Å². The molecule has 0 N–H and O–H groups in total. The number of hydrogen-bond donors (Lipinski definition) is 0. The molecule has 0 saturated heterocycles. The first-order valence-corrected chi connectivity index (χ1v) is 8.13. The number of hydrogen-bond acceptors (Lipinski definition) is 3. The zero-order chi connectivity index (χ0) is 17.9. The molecule has 0 aliphatic carbocycles. The van der Waals surface area contributed by atoms with Crippen LogP contribution in [0.1, 0.15) is 24.2 Å². The van der Waals surface area contributed by atoms with Crippen LogP contribution < -0.4 is 0 Å². The predicted molar refractivity (Wildman–Crippen MR) is 89.8 cm³/mol. The average molecular weight is 352 g/mol. The highest BCUT2D eigenvalue weighted by Crippen LogP contribution is 2.37. The van der Waals surface area contributed by atoms with E-state index < -0.39 is 23.4 Å². The molecule has 0 unspecified atom stereocenters. The minimum absolute atomic E-state index is 0.276. The molecule has 2 nitrogen and oxygen atoms in total. The van der Waals surface area contributed by atoms with Crippen LogP contribution in [-0.2, 0) is 4.74 Å². The van der Waals surface area contributed by atoms with Crippen molar-refractivity contribution in [2.75, 3.05) is 7.11 Å². The number of esters is 1. The van der Waals surface area contributed by atoms with E-state index in [1.807, 2.05) is 13.8 Å². The molecule has 0 amide bonds. The molecule has 0 bridgehead atoms. The number of carbonyl (C=O) groups excluding carboxylic acids is 1. The van der Waals surface area contributed by atoms with E-state index in [0.29, 0.717) is 17.5 Å². The minimum atomic E-state index is -0.985. The van der Waals surface area contributed by atoms with Gasteiger partial charge in [-0.05, 0) is 18.2 Å². The van der Waals surface area contributed by atoms with Crippen molar-refractivity contribution in [3.05, 3.63) is 58.7 Å². The third kappa shape index (κ3) is 3.28. The first-order chi connectivity index (χ1) is 11.5. The zero-order valence-corrected chi connectivity index (χ0v) is 14.1. The van der Waals surface area contributed by atoms with Gasteiger partial charge in [0, 0.05) is 33.2 Å². The third-order valence-electron chi connectivity index (χ3n) is 3.27. The van der Waals surface area contributed by atoms with Crippen molar-refractivity contribution in [1.82, 2.24) is 0 Å². The summed E-state index contributed by atoms with van der Waals surface area (Å²) >= 11 is 1.28. The van der Waals surface area contributed by atoms with E-state index in [2.05, 4.69) is 4.74 Å². The number of fused-ring (bicyclic) bond motifs is 1. The topological polar surface area (TPSA) is 26.3 Å². The second kappa shape index (κ2) is 7.49. The van der Waals surface area contributed by atoms with Crippen molar-refractivity contribution < 1.29 is 22.7 Å². The summed E-state index contributed by atoms with van der Waals surface area (Å²) in [4.78, 5) is 11.6. The number of carbonyl (C=O) groups is 1. The van der Waals surface area contributed by atoms with Crippen LogP contribution in [0, 0.1) is 17.5 Å². The van der Waals surface area contributed by atoms with Crippen LogP contribution in [0.15, 0.2) is 35.7 Å². The number of thiophene rings is 1. The van der Waals surface area contributed by atoms with E-state index in [0.717, 1.165) is 4.70 Å². The molecule has 0 fully saturated rings. The molecule has 0 spiro atoms. The fourth-order valence-corrected chi connectivity index (χ4v) is 3.20. The molecule has 126 valence electrons. The molecule has 0 aliphatic rings. The molecule has 2 aromatic carbocycles. The normalized spacial score (nSPS) is 10.2. The minimum Gasteiger partial charge on any atom is -0.465 e. The molecule has 6 heteroatoms. The molecule has 1 heterocycles. The monoisotopic (exact) mass is 352 g/mol. The van der Waals surface area contributed by atoms with Gasteiger partial charge < -0.3 is 4.74 Å². The summed E-state index contributed by atoms with van der Waals surface area (Å²) in [6, 6.07) is 6.02. The van der Waals surface area contributed by atoms with E-state index >= 15 is 0 Å². The maximum absolute atomic E-state index is 14.0. The molecule has 0 atom stereocenters. The van der Waals surface area contributed by atoms with Gasteiger partial charge >= 0.3 is 5.97 Å². The third-order valence-corrected chi connectivity index (χ3v) is 4.23. The van der Waals surface area contributed by atoms with Crippen LogP contribution in [0.5, 0.6) is 0 Å². The Morgan fingerprint density at radius 3 is 2.25 bits per heavy atom. The standard InChI is InChI=1S/C16H9F3O2S.C2H6/c1-21-16(20)8-2-3-14-10(4-8)11(7-22-14)15-12(18)5-9(17)6-13(15)19;1-2/h2-7H,1H3;1-2H3. The number of halogens is 3. The number of ether oxygens (including phenoxy) is 1. The van der Waals surface area contributed by atoms with Gasteiger partial charge in [-0.25, -0.2) is 18.0 Å². The molecule has 24 heavy (non-hydrogen) atoms. The quantitative estimate of drug-likeness (QED) is 0.545. The Bertz CT molecular complexity index is 864. The molecule has 0 radical (unpaired) electrons. The molecule has 3 aromatic rings. The summed E-state index contributed by atoms with van der Waals surface area (Å²) in [5.74, 6) is -3.49. The van der Waals surface area contributed by atoms with E-state index in [1.54, 1.807) is 17.5 Å². The fourth-order valence-electron chi connectivity index (χ4n) is 2.27. The van der Waals surface area contributed by atoms with Gasteiger partial charge in [-0.1, -0.05) is 13.8 Å². The van der Waals surface area contributed by atoms with Gasteiger partial charge in [-0.2, -0.15) is 0 Å². The lowest BCUT2D eigenvalue weighted by Gasteiger charge is -2.05. The Labute approximate surface area is 141 Å². The lowest BCUT2D eigenvalue weighted by molar-refractivity contribution is 0.0601. The van der Waals surface area contributed by atoms with Gasteiger partial charge in [0.2, 0.25) is 0 Å². The molecular weight excluding hydrogens is 337 g/mol. The highest BCUT2D eigenvalue weighted by atomic mass is 32.1. The number of methoxy groups -OCH3 is 1. The zero-order valence-electron chi connectivity index (χ0n) is 13.3. The molecule has 3 rings (SSSR count). The lowest BCUT2D eigenvalue weighted by Crippen LogP contribution is -2.00. The Kier molecular flexibility index (Phi) is 5.62. The van der Waals surface area contributed by atoms with Crippen LogP contribution >= 0.6 is 11.3 Å². The highest BCUT2D eigenvalue weighted by Gasteiger charge is 2.18. The second-order valence-electron chi connectivity index (χ2n) is 4.60. The summed E-state index contributed by atoms with van der Waals surface area (Å²) in [7, 11) is 1.25. The van der Waals surface area contributed by atoms with Gasteiger partial charge in [-0.3, -0.25) is 0 Å². The summed E-state index contributed by atoms with van der Waals surface area (Å²) in [5, 5.41) is 2.09. The van der Waals surface area contributed by atoms with Crippen LogP contribution in [0.2, 0.25) is 0 Å². The van der Waals surface area contributed by atoms with Crippen molar-refractivity contribution in [3.8, 4) is 11.1 Å². The smallest absolute Gasteiger partial charge is 0.337 e. The Morgan fingerprint density at radius 1 is 1.04 bits per heavy atom. The van der Waals surface area contributed by atoms with Crippen molar-refractivity contribution in [3.63, 3.8) is 0 Å². The van der Waals surface area contributed by atoms with E-state index in [4.69, 9.17) is 0 Å². The van der Waals surface area contributed by atoms with Gasteiger partial charge in [0.15, 0.2) is 0 Å². The second-order valence-corrected chi connectivity index (χ2v) is 5.51. The van der Waals surface area contributed by atoms with Crippen molar-refractivity contribution in [2.24, 2.45) is 0 Å². The summed E-state index contributed by atoms with van der Waals surface area (Å²) < 4.78 is 46.4. The van der Waals surface area contributed by atoms with Crippen molar-refractivity contribution in [1.29, 1.82) is 0 Å². The van der Waals surface area contributed by atoms with Crippen LogP contribution in [0.25, 0.3) is 21.2 Å². The van der Waals surface area contributed by atoms with Gasteiger partial charge in [0.1, 0.15) is 17.5 Å². The SMILES string of the molecule is CC.COC(=O)c1ccc2scc(-c3c(F)cc(F)cc3F)c2c1. The maximum Gasteiger partial charge on any atom is 0.337 e. The Morgan fingerprint density at radius 2 is 1.67 bits per heavy atom. The van der Waals surface area contributed by atoms with E-state index in [1.165, 1.54) is 24.5 Å². The van der Waals surface area contributed by atoms with Crippen molar-refractivity contribution in [2.45, 2.75) is 13.8 Å². The summed E-state index contributed by atoms with van der Waals surface area (Å²) in [5.41, 5.74) is 0.244. The number of rotatable bonds is 2. The van der Waals surface area contributed by atoms with E-state index in [-0.39, 0.29) is 16.7 Å². The first kappa shape index (κ1) is 18.0. The molecule has 0 aliphatic heterocycles. The summed E-state index contributed by atoms with van der Waals surface area (Å²) in [6.07, 6.45) is 0. The van der Waals surface area contributed by atoms with Gasteiger partial charge in [-0.15, -0.1) is 11.3 Å². The Balaban J connectivity index is 0.00000100. The predicted octanol–water partition coefficient (Wildman–Crippen LogP) is 5.80. The molecule has 1 aromatic heterocycles. The largest absolute Gasteiger partial charge is 0.465 e. The molecule has 0 saturated carbocycles. The van der Waals surface area contributed by atoms with Gasteiger partial charge in [0.25, 0.3) is 0 Å². The highest BCUT2D eigenvalue weighted by molar-refractivity contribution is 7.17. The number of benzene rings is 2. The first-order valence-electron chi connectivity index (χ1n) is 7.25. The molecular formula is C18H15F3O2S. The van der Waals surface area contributed by atoms with Crippen LogP contribution in [-0.4, -0.2) is 13.1 Å². The average Bonchev–Trinajstić information content (AvgIpc) is 2.98. The van der Waals surface area contributed by atoms with Crippen LogP contribution in [0.3, 0.4) is 0 Å². The van der Waals surface area contributed by atoms with Crippen LogP contribution in [0.4, 0.5) is 13.2 Å².